The summed E-state index contributed by atoms with van der Waals surface area (Å²) in [6.45, 7) is 4.68. The summed E-state index contributed by atoms with van der Waals surface area (Å²) in [7, 11) is 0. The molecule has 1 aromatic carbocycles. The number of aryl methyl sites for hydroxylation is 1. The average molecular weight is 417 g/mol. The molecule has 1 fully saturated rings. The van der Waals surface area contributed by atoms with Crippen molar-refractivity contribution in [1.29, 1.82) is 0 Å². The Bertz CT molecular complexity index is 638. The third kappa shape index (κ3) is 2.98. The highest BCUT2D eigenvalue weighted by atomic mass is 79.9. The van der Waals surface area contributed by atoms with E-state index in [-0.39, 0.29) is 6.42 Å². The SMILES string of the molecule is C=CCC(O)[C@@]1(O)C(c2ccc(CC)c(Br)c2)[C@@](O)([C@H](O)CO)[C@@H]1O. The minimum Gasteiger partial charge on any atom is -0.394 e. The van der Waals surface area contributed by atoms with Crippen molar-refractivity contribution in [3.63, 3.8) is 0 Å². The molecule has 1 aromatic rings. The number of hydrogen-bond acceptors (Lipinski definition) is 6. The van der Waals surface area contributed by atoms with Crippen LogP contribution in [0.1, 0.15) is 30.4 Å². The Morgan fingerprint density at radius 2 is 1.84 bits per heavy atom. The topological polar surface area (TPSA) is 121 Å². The molecule has 2 rings (SSSR count). The van der Waals surface area contributed by atoms with E-state index < -0.39 is 42.0 Å². The van der Waals surface area contributed by atoms with Crippen LogP contribution in [0.5, 0.6) is 0 Å². The van der Waals surface area contributed by atoms with Crippen LogP contribution in [0.4, 0.5) is 0 Å². The number of aliphatic hydroxyl groups is 6. The zero-order chi connectivity index (χ0) is 19.0. The number of aliphatic hydroxyl groups excluding tert-OH is 4. The van der Waals surface area contributed by atoms with Crippen molar-refractivity contribution in [1.82, 2.24) is 0 Å². The molecule has 0 aromatic heterocycles. The predicted molar refractivity (Wildman–Crippen MR) is 96.1 cm³/mol. The summed E-state index contributed by atoms with van der Waals surface area (Å²) in [5.41, 5.74) is -2.86. The maximum absolute atomic E-state index is 11.0. The van der Waals surface area contributed by atoms with Crippen molar-refractivity contribution in [2.45, 2.75) is 55.2 Å². The van der Waals surface area contributed by atoms with Crippen molar-refractivity contribution in [2.24, 2.45) is 0 Å². The van der Waals surface area contributed by atoms with Gasteiger partial charge in [-0.3, -0.25) is 0 Å². The van der Waals surface area contributed by atoms with E-state index in [0.717, 1.165) is 16.5 Å². The van der Waals surface area contributed by atoms with Gasteiger partial charge in [0.25, 0.3) is 0 Å². The first-order valence-corrected chi connectivity index (χ1v) is 8.97. The van der Waals surface area contributed by atoms with Crippen LogP contribution >= 0.6 is 15.9 Å². The van der Waals surface area contributed by atoms with Crippen LogP contribution in [-0.2, 0) is 6.42 Å². The van der Waals surface area contributed by atoms with E-state index in [1.54, 1.807) is 18.2 Å². The lowest BCUT2D eigenvalue weighted by atomic mass is 9.49. The van der Waals surface area contributed by atoms with Crippen LogP contribution in [0.15, 0.2) is 35.3 Å². The standard InChI is InChI=1S/C18H25BrO6/c1-3-5-13(21)17(24)15(18(25,16(17)23)14(22)9-20)11-7-6-10(4-2)12(19)8-11/h3,6-8,13-16,20-25H,1,4-5,9H2,2H3/t13?,14-,15?,16-,17-,18+/m1/s1. The molecule has 1 aliphatic carbocycles. The fourth-order valence-electron chi connectivity index (χ4n) is 3.77. The van der Waals surface area contributed by atoms with Crippen LogP contribution in [0.2, 0.25) is 0 Å². The van der Waals surface area contributed by atoms with Crippen molar-refractivity contribution < 1.29 is 30.6 Å². The van der Waals surface area contributed by atoms with E-state index in [1.807, 2.05) is 6.92 Å². The van der Waals surface area contributed by atoms with Crippen LogP contribution in [0.3, 0.4) is 0 Å². The van der Waals surface area contributed by atoms with Gasteiger partial charge in [-0.2, -0.15) is 0 Å². The van der Waals surface area contributed by atoms with Gasteiger partial charge in [0, 0.05) is 4.47 Å². The van der Waals surface area contributed by atoms with Crippen molar-refractivity contribution in [3.8, 4) is 0 Å². The minimum atomic E-state index is -2.20. The molecule has 0 amide bonds. The summed E-state index contributed by atoms with van der Waals surface area (Å²) in [6.07, 6.45) is -2.78. The van der Waals surface area contributed by atoms with E-state index in [1.165, 1.54) is 6.08 Å². The fourth-order valence-corrected chi connectivity index (χ4v) is 4.44. The Hall–Kier alpha value is -0.800. The Kier molecular flexibility index (Phi) is 6.10. The normalized spacial score (nSPS) is 34.2. The second-order valence-electron chi connectivity index (χ2n) is 6.55. The maximum atomic E-state index is 11.0. The van der Waals surface area contributed by atoms with Crippen LogP contribution < -0.4 is 0 Å². The van der Waals surface area contributed by atoms with Gasteiger partial charge in [0.1, 0.15) is 23.4 Å². The monoisotopic (exact) mass is 416 g/mol. The first kappa shape index (κ1) is 20.5. The third-order valence-electron chi connectivity index (χ3n) is 5.22. The molecule has 6 N–H and O–H groups in total. The summed E-state index contributed by atoms with van der Waals surface area (Å²) >= 11 is 3.42. The molecule has 0 aliphatic heterocycles. The first-order valence-electron chi connectivity index (χ1n) is 8.18. The summed E-state index contributed by atoms with van der Waals surface area (Å²) < 4.78 is 0.746. The lowest BCUT2D eigenvalue weighted by Crippen LogP contribution is -2.83. The molecule has 0 radical (unpaired) electrons. The molecular formula is C18H25BrO6. The molecule has 7 heteroatoms. The zero-order valence-corrected chi connectivity index (χ0v) is 15.6. The highest BCUT2D eigenvalue weighted by Crippen LogP contribution is 2.57. The van der Waals surface area contributed by atoms with E-state index in [9.17, 15) is 30.6 Å². The molecule has 2 unspecified atom stereocenters. The Morgan fingerprint density at radius 1 is 1.24 bits per heavy atom. The van der Waals surface area contributed by atoms with Gasteiger partial charge in [-0.05, 0) is 30.0 Å². The summed E-state index contributed by atoms with van der Waals surface area (Å²) in [5, 5.41) is 61.9. The number of benzene rings is 1. The Balaban J connectivity index is 2.56. The predicted octanol–water partition coefficient (Wildman–Crippen LogP) is 0.222. The van der Waals surface area contributed by atoms with Gasteiger partial charge in [0.05, 0.1) is 18.6 Å². The first-order chi connectivity index (χ1) is 11.7. The lowest BCUT2D eigenvalue weighted by Gasteiger charge is -2.63. The molecule has 0 bridgehead atoms. The van der Waals surface area contributed by atoms with E-state index in [2.05, 4.69) is 22.5 Å². The van der Waals surface area contributed by atoms with Crippen LogP contribution in [0, 0.1) is 0 Å². The van der Waals surface area contributed by atoms with Gasteiger partial charge in [-0.15, -0.1) is 6.58 Å². The molecule has 1 saturated carbocycles. The largest absolute Gasteiger partial charge is 0.394 e. The molecular weight excluding hydrogens is 392 g/mol. The molecule has 140 valence electrons. The average Bonchev–Trinajstić information content (AvgIpc) is 2.60. The molecule has 6 nitrogen and oxygen atoms in total. The molecule has 0 heterocycles. The zero-order valence-electron chi connectivity index (χ0n) is 14.0. The molecule has 25 heavy (non-hydrogen) atoms. The maximum Gasteiger partial charge on any atom is 0.131 e. The van der Waals surface area contributed by atoms with E-state index in [4.69, 9.17) is 0 Å². The van der Waals surface area contributed by atoms with Crippen molar-refractivity contribution >= 4 is 15.9 Å². The van der Waals surface area contributed by atoms with Crippen molar-refractivity contribution in [2.75, 3.05) is 6.61 Å². The molecule has 0 spiro atoms. The molecule has 0 saturated heterocycles. The second-order valence-corrected chi connectivity index (χ2v) is 7.41. The molecule has 1 aliphatic rings. The number of hydrogen-bond donors (Lipinski definition) is 6. The van der Waals surface area contributed by atoms with Gasteiger partial charge < -0.3 is 30.6 Å². The van der Waals surface area contributed by atoms with Gasteiger partial charge in [0.15, 0.2) is 0 Å². The van der Waals surface area contributed by atoms with Crippen molar-refractivity contribution in [3.05, 3.63) is 46.5 Å². The summed E-state index contributed by atoms with van der Waals surface area (Å²) in [4.78, 5) is 0. The van der Waals surface area contributed by atoms with E-state index in [0.29, 0.717) is 5.56 Å². The number of halogens is 1. The number of rotatable bonds is 7. The van der Waals surface area contributed by atoms with E-state index >= 15 is 0 Å². The van der Waals surface area contributed by atoms with Gasteiger partial charge in [0.2, 0.25) is 0 Å². The Morgan fingerprint density at radius 3 is 2.32 bits per heavy atom. The second kappa shape index (κ2) is 7.44. The quantitative estimate of drug-likeness (QED) is 0.353. The lowest BCUT2D eigenvalue weighted by molar-refractivity contribution is -0.342. The van der Waals surface area contributed by atoms with Gasteiger partial charge >= 0.3 is 0 Å². The van der Waals surface area contributed by atoms with Gasteiger partial charge in [-0.1, -0.05) is 41.1 Å². The molecule has 6 atom stereocenters. The summed E-state index contributed by atoms with van der Waals surface area (Å²) in [5.74, 6) is -1.20. The highest BCUT2D eigenvalue weighted by Gasteiger charge is 2.75. The summed E-state index contributed by atoms with van der Waals surface area (Å²) in [6, 6.07) is 5.15. The highest BCUT2D eigenvalue weighted by molar-refractivity contribution is 9.10. The van der Waals surface area contributed by atoms with Crippen LogP contribution in [0.25, 0.3) is 0 Å². The van der Waals surface area contributed by atoms with Gasteiger partial charge in [-0.25, -0.2) is 0 Å². The Labute approximate surface area is 155 Å². The smallest absolute Gasteiger partial charge is 0.131 e. The fraction of sp³-hybridized carbons (Fsp3) is 0.556. The third-order valence-corrected chi connectivity index (χ3v) is 5.96. The minimum absolute atomic E-state index is 0.0103. The van der Waals surface area contributed by atoms with Crippen LogP contribution in [-0.4, -0.2) is 66.8 Å².